The standard InChI is InChI=1S/C24H32N4OS/c29-24(25-19-20-9-11-21(12-10-20)27-15-17-30-18-16-27)26-22-7-3-4-8-23(22)28-13-5-1-2-6-14-28/h3-4,7-12H,1-2,5-6,13-19H2,(H2,25,26,29). The summed E-state index contributed by atoms with van der Waals surface area (Å²) in [5.41, 5.74) is 4.39. The van der Waals surface area contributed by atoms with Crippen LogP contribution in [0.4, 0.5) is 21.9 Å². The van der Waals surface area contributed by atoms with E-state index in [1.165, 1.54) is 42.9 Å². The molecule has 2 N–H and O–H groups in total. The van der Waals surface area contributed by atoms with Gasteiger partial charge < -0.3 is 20.4 Å². The van der Waals surface area contributed by atoms with Crippen molar-refractivity contribution in [1.29, 1.82) is 0 Å². The zero-order valence-corrected chi connectivity index (χ0v) is 18.4. The van der Waals surface area contributed by atoms with Crippen LogP contribution in [-0.2, 0) is 6.54 Å². The number of carbonyl (C=O) groups is 1. The van der Waals surface area contributed by atoms with Crippen molar-refractivity contribution in [1.82, 2.24) is 5.32 Å². The third-order valence-electron chi connectivity index (χ3n) is 5.86. The Bertz CT molecular complexity index is 812. The number of rotatable bonds is 5. The normalized spacial score (nSPS) is 17.3. The van der Waals surface area contributed by atoms with Crippen molar-refractivity contribution in [3.05, 3.63) is 54.1 Å². The smallest absolute Gasteiger partial charge is 0.319 e. The van der Waals surface area contributed by atoms with Gasteiger partial charge in [0.05, 0.1) is 11.4 Å². The largest absolute Gasteiger partial charge is 0.370 e. The molecule has 2 amide bonds. The first kappa shape index (κ1) is 20.9. The lowest BCUT2D eigenvalue weighted by Gasteiger charge is -2.28. The van der Waals surface area contributed by atoms with Crippen LogP contribution < -0.4 is 20.4 Å². The first-order valence-corrected chi connectivity index (χ1v) is 12.3. The number of para-hydroxylation sites is 2. The quantitative estimate of drug-likeness (QED) is 0.714. The maximum absolute atomic E-state index is 12.6. The molecule has 2 heterocycles. The third-order valence-corrected chi connectivity index (χ3v) is 6.81. The molecule has 2 aromatic rings. The minimum Gasteiger partial charge on any atom is -0.370 e. The molecule has 5 nitrogen and oxygen atoms in total. The van der Waals surface area contributed by atoms with Crippen molar-refractivity contribution >= 4 is 34.9 Å². The van der Waals surface area contributed by atoms with E-state index < -0.39 is 0 Å². The molecule has 2 aliphatic heterocycles. The number of anilines is 3. The molecule has 0 unspecified atom stereocenters. The van der Waals surface area contributed by atoms with Gasteiger partial charge in [0.15, 0.2) is 0 Å². The number of urea groups is 1. The van der Waals surface area contributed by atoms with Crippen LogP contribution in [0, 0.1) is 0 Å². The van der Waals surface area contributed by atoms with Crippen LogP contribution in [0.2, 0.25) is 0 Å². The Balaban J connectivity index is 1.32. The lowest BCUT2D eigenvalue weighted by molar-refractivity contribution is 0.251. The maximum atomic E-state index is 12.6. The third kappa shape index (κ3) is 5.63. The number of amides is 2. The van der Waals surface area contributed by atoms with Gasteiger partial charge in [0, 0.05) is 49.9 Å². The van der Waals surface area contributed by atoms with E-state index in [9.17, 15) is 4.79 Å². The van der Waals surface area contributed by atoms with Crippen LogP contribution in [0.15, 0.2) is 48.5 Å². The average molecular weight is 425 g/mol. The number of nitrogens with zero attached hydrogens (tertiary/aromatic N) is 2. The lowest BCUT2D eigenvalue weighted by Crippen LogP contribution is -2.32. The number of benzene rings is 2. The van der Waals surface area contributed by atoms with Gasteiger partial charge in [-0.1, -0.05) is 37.1 Å². The van der Waals surface area contributed by atoms with Gasteiger partial charge in [0.2, 0.25) is 0 Å². The van der Waals surface area contributed by atoms with E-state index in [1.54, 1.807) is 0 Å². The van der Waals surface area contributed by atoms with Crippen molar-refractivity contribution in [3.8, 4) is 0 Å². The summed E-state index contributed by atoms with van der Waals surface area (Å²) in [6, 6.07) is 16.5. The van der Waals surface area contributed by atoms with Gasteiger partial charge in [-0.25, -0.2) is 4.79 Å². The molecule has 0 saturated carbocycles. The predicted molar refractivity (Wildman–Crippen MR) is 129 cm³/mol. The highest BCUT2D eigenvalue weighted by molar-refractivity contribution is 7.99. The highest BCUT2D eigenvalue weighted by Crippen LogP contribution is 2.28. The summed E-state index contributed by atoms with van der Waals surface area (Å²) in [6.45, 7) is 4.86. The van der Waals surface area contributed by atoms with Crippen molar-refractivity contribution in [2.24, 2.45) is 0 Å². The molecule has 0 bridgehead atoms. The maximum Gasteiger partial charge on any atom is 0.319 e. The molecule has 0 radical (unpaired) electrons. The molecule has 0 aliphatic carbocycles. The van der Waals surface area contributed by atoms with E-state index in [2.05, 4.69) is 50.8 Å². The minimum absolute atomic E-state index is 0.158. The second-order valence-corrected chi connectivity index (χ2v) is 9.22. The van der Waals surface area contributed by atoms with Gasteiger partial charge in [-0.2, -0.15) is 11.8 Å². The van der Waals surface area contributed by atoms with E-state index in [0.717, 1.165) is 43.1 Å². The topological polar surface area (TPSA) is 47.6 Å². The Hall–Kier alpha value is -2.34. The van der Waals surface area contributed by atoms with Gasteiger partial charge in [-0.15, -0.1) is 0 Å². The highest BCUT2D eigenvalue weighted by Gasteiger charge is 2.15. The molecule has 2 aromatic carbocycles. The van der Waals surface area contributed by atoms with E-state index in [4.69, 9.17) is 0 Å². The van der Waals surface area contributed by atoms with Gasteiger partial charge in [-0.05, 0) is 42.7 Å². The molecule has 160 valence electrons. The SMILES string of the molecule is O=C(NCc1ccc(N2CCSCC2)cc1)Nc1ccccc1N1CCCCCC1. The fraction of sp³-hybridized carbons (Fsp3) is 0.458. The minimum atomic E-state index is -0.158. The van der Waals surface area contributed by atoms with Crippen LogP contribution in [0.1, 0.15) is 31.2 Å². The van der Waals surface area contributed by atoms with E-state index in [1.807, 2.05) is 30.0 Å². The summed E-state index contributed by atoms with van der Waals surface area (Å²) in [4.78, 5) is 17.4. The molecule has 6 heteroatoms. The molecule has 0 aromatic heterocycles. The van der Waals surface area contributed by atoms with Gasteiger partial charge >= 0.3 is 6.03 Å². The van der Waals surface area contributed by atoms with Crippen LogP contribution in [0.3, 0.4) is 0 Å². The molecule has 2 saturated heterocycles. The number of nitrogens with one attached hydrogen (secondary N) is 2. The summed E-state index contributed by atoms with van der Waals surface area (Å²) in [6.07, 6.45) is 5.02. The first-order valence-electron chi connectivity index (χ1n) is 11.1. The van der Waals surface area contributed by atoms with Crippen LogP contribution in [0.25, 0.3) is 0 Å². The zero-order chi connectivity index (χ0) is 20.6. The van der Waals surface area contributed by atoms with Crippen LogP contribution in [-0.4, -0.2) is 43.7 Å². The van der Waals surface area contributed by atoms with E-state index in [-0.39, 0.29) is 6.03 Å². The van der Waals surface area contributed by atoms with Crippen molar-refractivity contribution < 1.29 is 4.79 Å². The summed E-state index contributed by atoms with van der Waals surface area (Å²) in [5, 5.41) is 6.06. The van der Waals surface area contributed by atoms with Crippen molar-refractivity contribution in [2.75, 3.05) is 52.8 Å². The first-order chi connectivity index (χ1) is 14.8. The second kappa shape index (κ2) is 10.6. The van der Waals surface area contributed by atoms with Gasteiger partial charge in [0.1, 0.15) is 0 Å². The Morgan fingerprint density at radius 3 is 2.27 bits per heavy atom. The number of hydrogen-bond acceptors (Lipinski definition) is 4. The van der Waals surface area contributed by atoms with Gasteiger partial charge in [0.25, 0.3) is 0 Å². The molecular formula is C24H32N4OS. The summed E-state index contributed by atoms with van der Waals surface area (Å²) >= 11 is 2.02. The molecule has 0 spiro atoms. The predicted octanol–water partition coefficient (Wildman–Crippen LogP) is 4.94. The highest BCUT2D eigenvalue weighted by atomic mass is 32.2. The summed E-state index contributed by atoms with van der Waals surface area (Å²) in [7, 11) is 0. The lowest BCUT2D eigenvalue weighted by atomic mass is 10.2. The molecule has 2 fully saturated rings. The zero-order valence-electron chi connectivity index (χ0n) is 17.6. The van der Waals surface area contributed by atoms with E-state index >= 15 is 0 Å². The number of thioether (sulfide) groups is 1. The molecule has 2 aliphatic rings. The fourth-order valence-electron chi connectivity index (χ4n) is 4.16. The summed E-state index contributed by atoms with van der Waals surface area (Å²) < 4.78 is 0. The van der Waals surface area contributed by atoms with E-state index in [0.29, 0.717) is 6.54 Å². The molecule has 0 atom stereocenters. The number of carbonyl (C=O) groups excluding carboxylic acids is 1. The van der Waals surface area contributed by atoms with Crippen LogP contribution in [0.5, 0.6) is 0 Å². The Kier molecular flexibility index (Phi) is 7.40. The fourth-order valence-corrected chi connectivity index (χ4v) is 5.06. The molecular weight excluding hydrogens is 392 g/mol. The monoisotopic (exact) mass is 424 g/mol. The van der Waals surface area contributed by atoms with Gasteiger partial charge in [-0.3, -0.25) is 0 Å². The average Bonchev–Trinajstić information content (AvgIpc) is 3.09. The molecule has 4 rings (SSSR count). The molecule has 30 heavy (non-hydrogen) atoms. The Labute approximate surface area is 184 Å². The Morgan fingerprint density at radius 1 is 0.833 bits per heavy atom. The second-order valence-electron chi connectivity index (χ2n) is 7.99. The van der Waals surface area contributed by atoms with Crippen molar-refractivity contribution in [3.63, 3.8) is 0 Å². The van der Waals surface area contributed by atoms with Crippen LogP contribution >= 0.6 is 11.8 Å². The van der Waals surface area contributed by atoms with Crippen molar-refractivity contribution in [2.45, 2.75) is 32.2 Å². The Morgan fingerprint density at radius 2 is 1.53 bits per heavy atom. The summed E-state index contributed by atoms with van der Waals surface area (Å²) in [5.74, 6) is 2.39. The number of hydrogen-bond donors (Lipinski definition) is 2.